The van der Waals surface area contributed by atoms with Crippen LogP contribution in [-0.2, 0) is 28.5 Å². The summed E-state index contributed by atoms with van der Waals surface area (Å²) >= 11 is 0. The Balaban J connectivity index is 1.49. The molecule has 12 heteroatoms. The first-order valence-electron chi connectivity index (χ1n) is 19.5. The molecule has 1 spiro atoms. The molecule has 1 saturated carbocycles. The number of hydrogen-bond acceptors (Lipinski definition) is 11. The van der Waals surface area contributed by atoms with Gasteiger partial charge in [-0.3, -0.25) is 4.79 Å². The summed E-state index contributed by atoms with van der Waals surface area (Å²) in [5, 5.41) is 37.2. The molecule has 2 aliphatic heterocycles. The number of nitrogens with one attached hydrogen (secondary N) is 1. The lowest BCUT2D eigenvalue weighted by Gasteiger charge is -2.55. The first-order chi connectivity index (χ1) is 25.3. The van der Waals surface area contributed by atoms with E-state index in [1.807, 2.05) is 66.7 Å². The average Bonchev–Trinajstić information content (AvgIpc) is 3.34. The van der Waals surface area contributed by atoms with Crippen molar-refractivity contribution in [1.29, 1.82) is 0 Å². The van der Waals surface area contributed by atoms with Crippen LogP contribution >= 0.6 is 0 Å². The van der Waals surface area contributed by atoms with Gasteiger partial charge >= 0.3 is 12.1 Å². The van der Waals surface area contributed by atoms with Crippen molar-refractivity contribution in [3.05, 3.63) is 58.4 Å². The van der Waals surface area contributed by atoms with E-state index in [9.17, 15) is 29.7 Å². The third kappa shape index (κ3) is 6.59. The molecule has 0 aromatic rings. The van der Waals surface area contributed by atoms with Crippen LogP contribution < -0.4 is 11.1 Å². The molecule has 2 heterocycles. The highest BCUT2D eigenvalue weighted by Crippen LogP contribution is 2.60. The first-order valence-corrected chi connectivity index (χ1v) is 19.5. The molecule has 0 radical (unpaired) electrons. The first kappa shape index (κ1) is 40.4. The Labute approximate surface area is 318 Å². The van der Waals surface area contributed by atoms with Gasteiger partial charge in [0.05, 0.1) is 38.1 Å². The van der Waals surface area contributed by atoms with Crippen molar-refractivity contribution in [2.75, 3.05) is 13.7 Å². The summed E-state index contributed by atoms with van der Waals surface area (Å²) in [6, 6.07) is -0.546. The second-order valence-electron chi connectivity index (χ2n) is 17.6. The van der Waals surface area contributed by atoms with Gasteiger partial charge in [0.2, 0.25) is 5.78 Å². The van der Waals surface area contributed by atoms with Crippen molar-refractivity contribution >= 4 is 17.8 Å². The number of fused-ring (bicyclic) bond motifs is 4. The number of allylic oxidation sites excluding steroid dienone is 3. The van der Waals surface area contributed by atoms with Gasteiger partial charge < -0.3 is 45.3 Å². The molecule has 298 valence electrons. The summed E-state index contributed by atoms with van der Waals surface area (Å²) in [7, 11) is 1.29. The number of rotatable bonds is 4. The van der Waals surface area contributed by atoms with Crippen molar-refractivity contribution in [3.63, 3.8) is 0 Å². The lowest BCUT2D eigenvalue weighted by atomic mass is 9.49. The highest BCUT2D eigenvalue weighted by molar-refractivity contribution is 6.26. The van der Waals surface area contributed by atoms with E-state index in [0.29, 0.717) is 6.42 Å². The van der Waals surface area contributed by atoms with Crippen LogP contribution in [0.3, 0.4) is 0 Å². The Morgan fingerprint density at radius 2 is 1.76 bits per heavy atom. The average molecular weight is 753 g/mol. The Morgan fingerprint density at radius 1 is 1.06 bits per heavy atom. The minimum atomic E-state index is -1.65. The summed E-state index contributed by atoms with van der Waals surface area (Å²) < 4.78 is 24.1. The molecule has 0 aromatic carbocycles. The van der Waals surface area contributed by atoms with E-state index in [2.05, 4.69) is 24.4 Å². The van der Waals surface area contributed by atoms with Crippen LogP contribution in [0.25, 0.3) is 0 Å². The molecule has 1 amide bonds. The molecule has 2 saturated heterocycles. The number of carbonyl (C=O) groups is 3. The van der Waals surface area contributed by atoms with Crippen molar-refractivity contribution in [2.45, 2.75) is 123 Å². The molecule has 54 heavy (non-hydrogen) atoms. The van der Waals surface area contributed by atoms with Crippen LogP contribution in [0.5, 0.6) is 0 Å². The highest BCUT2D eigenvalue weighted by atomic mass is 16.7. The van der Waals surface area contributed by atoms with E-state index in [1.54, 1.807) is 0 Å². The Morgan fingerprint density at radius 3 is 2.41 bits per heavy atom. The molecule has 15 atom stereocenters. The Hall–Kier alpha value is -3.29. The zero-order chi connectivity index (χ0) is 39.7. The van der Waals surface area contributed by atoms with E-state index >= 15 is 0 Å². The van der Waals surface area contributed by atoms with Crippen LogP contribution in [-0.4, -0.2) is 88.7 Å². The zero-order valence-corrected chi connectivity index (χ0v) is 33.1. The predicted molar refractivity (Wildman–Crippen MR) is 200 cm³/mol. The second-order valence-corrected chi connectivity index (χ2v) is 17.6. The van der Waals surface area contributed by atoms with Gasteiger partial charge in [-0.1, -0.05) is 63.6 Å². The zero-order valence-electron chi connectivity index (χ0n) is 33.1. The molecular weight excluding hydrogens is 692 g/mol. The van der Waals surface area contributed by atoms with Gasteiger partial charge in [-0.15, -0.1) is 0 Å². The minimum Gasteiger partial charge on any atom is -0.511 e. The highest BCUT2D eigenvalue weighted by Gasteiger charge is 2.63. The Bertz CT molecular complexity index is 1690. The van der Waals surface area contributed by atoms with Gasteiger partial charge in [0.1, 0.15) is 11.3 Å². The molecule has 3 fully saturated rings. The van der Waals surface area contributed by atoms with Crippen LogP contribution in [0.1, 0.15) is 81.1 Å². The predicted octanol–water partition coefficient (Wildman–Crippen LogP) is 4.96. The SMILES string of the molecule is COC(=O)NC1C(C)OC(OC2CC=C(C)C3C=CC4C(O)C(C)CC(C)C4C3(C)C(O)=C3C(=O)OC4(CC(C)C(CO)=CC4C=C2C)C3=O)CC1(C)N. The maximum absolute atomic E-state index is 15.0. The largest absolute Gasteiger partial charge is 0.511 e. The lowest BCUT2D eigenvalue weighted by Crippen LogP contribution is -2.66. The van der Waals surface area contributed by atoms with E-state index < -0.39 is 76.9 Å². The molecule has 6 rings (SSSR count). The summed E-state index contributed by atoms with van der Waals surface area (Å²) in [5.74, 6) is -3.73. The smallest absolute Gasteiger partial charge is 0.407 e. The van der Waals surface area contributed by atoms with Crippen molar-refractivity contribution in [1.82, 2.24) is 5.32 Å². The molecule has 15 unspecified atom stereocenters. The quantitative estimate of drug-likeness (QED) is 0.149. The van der Waals surface area contributed by atoms with Crippen LogP contribution in [0.15, 0.2) is 58.4 Å². The minimum absolute atomic E-state index is 0.0316. The van der Waals surface area contributed by atoms with Crippen molar-refractivity contribution < 1.29 is 48.7 Å². The lowest BCUT2D eigenvalue weighted by molar-refractivity contribution is -0.224. The van der Waals surface area contributed by atoms with Gasteiger partial charge in [0, 0.05) is 41.5 Å². The summed E-state index contributed by atoms with van der Waals surface area (Å²) in [4.78, 5) is 41.2. The van der Waals surface area contributed by atoms with E-state index in [4.69, 9.17) is 24.7 Å². The number of Topliss-reactive ketones (excluding diaryl/α,β-unsaturated/α-hetero) is 1. The van der Waals surface area contributed by atoms with E-state index in [1.165, 1.54) is 7.11 Å². The third-order valence-electron chi connectivity index (χ3n) is 13.8. The van der Waals surface area contributed by atoms with Gasteiger partial charge in [-0.25, -0.2) is 9.59 Å². The van der Waals surface area contributed by atoms with Crippen molar-refractivity contribution in [3.8, 4) is 0 Å². The second kappa shape index (κ2) is 14.7. The molecular formula is C42H60N2O10. The normalized spacial score (nSPS) is 45.2. The van der Waals surface area contributed by atoms with Crippen molar-refractivity contribution in [2.24, 2.45) is 52.6 Å². The fourth-order valence-corrected chi connectivity index (χ4v) is 11.0. The number of hydrogen-bond donors (Lipinski definition) is 5. The molecule has 6 aliphatic rings. The van der Waals surface area contributed by atoms with Crippen LogP contribution in [0.2, 0.25) is 0 Å². The van der Waals surface area contributed by atoms with Crippen LogP contribution in [0.4, 0.5) is 4.79 Å². The number of esters is 1. The number of methoxy groups -OCH3 is 1. The standard InChI is InChI=1S/C42H60N2O10/c1-20-10-13-30(53-31-18-40(7,43)35(25(6)52-31)44-39(50)51-9)21(2)15-27-16-26(19-45)24(5)17-42(27)37(48)32(38(49)54-42)36(47)41(8)29(20)12-11-28-33(41)22(3)14-23(4)34(28)46/h10-12,15-16,22-25,27-31,33-35,45-47H,13-14,17-19,43H2,1-9H3,(H,44,50). The fraction of sp³-hybridized carbons (Fsp3) is 0.690. The number of aliphatic hydroxyl groups is 3. The monoisotopic (exact) mass is 752 g/mol. The van der Waals surface area contributed by atoms with Gasteiger partial charge in [0.25, 0.3) is 0 Å². The van der Waals surface area contributed by atoms with Gasteiger partial charge in [0.15, 0.2) is 11.9 Å². The summed E-state index contributed by atoms with van der Waals surface area (Å²) in [6.45, 7) is 15.3. The molecule has 2 bridgehead atoms. The number of aliphatic hydroxyl groups excluding tert-OH is 3. The van der Waals surface area contributed by atoms with Gasteiger partial charge in [-0.05, 0) is 75.4 Å². The maximum Gasteiger partial charge on any atom is 0.407 e. The fourth-order valence-electron chi connectivity index (χ4n) is 11.0. The number of ketones is 1. The number of alkyl carbamates (subject to hydrolysis) is 1. The number of nitrogens with two attached hydrogens (primary N) is 1. The van der Waals surface area contributed by atoms with Crippen LogP contribution in [0, 0.1) is 46.8 Å². The number of ether oxygens (including phenoxy) is 4. The topological polar surface area (TPSA) is 187 Å². The van der Waals surface area contributed by atoms with Gasteiger partial charge in [-0.2, -0.15) is 0 Å². The Kier molecular flexibility index (Phi) is 11.0. The molecule has 12 nitrogen and oxygen atoms in total. The third-order valence-corrected chi connectivity index (χ3v) is 13.8. The maximum atomic E-state index is 15.0. The number of carbonyl (C=O) groups excluding carboxylic acids is 3. The van der Waals surface area contributed by atoms with E-state index in [-0.39, 0.29) is 60.4 Å². The molecule has 0 aromatic heterocycles. The van der Waals surface area contributed by atoms with E-state index in [0.717, 1.165) is 23.1 Å². The number of amides is 1. The summed E-state index contributed by atoms with van der Waals surface area (Å²) in [6.07, 6.45) is 8.18. The molecule has 4 aliphatic carbocycles. The summed E-state index contributed by atoms with van der Waals surface area (Å²) in [5.41, 5.74) is 5.12. The molecule has 6 N–H and O–H groups in total.